The van der Waals surface area contributed by atoms with Crippen LogP contribution in [0.1, 0.15) is 39.0 Å². The van der Waals surface area contributed by atoms with E-state index in [1.807, 2.05) is 0 Å². The van der Waals surface area contributed by atoms with Crippen LogP contribution in [-0.2, 0) is 9.47 Å². The van der Waals surface area contributed by atoms with Gasteiger partial charge in [0.2, 0.25) is 0 Å². The first-order valence-electron chi connectivity index (χ1n) is 5.81. The Morgan fingerprint density at radius 3 is 3.13 bits per heavy atom. The van der Waals surface area contributed by atoms with E-state index in [1.165, 1.54) is 0 Å². The van der Waals surface area contributed by atoms with Crippen LogP contribution in [0.15, 0.2) is 12.2 Å². The SMILES string of the molecule is CCCC#CCC1C=CC2(CCCO2)O1. The van der Waals surface area contributed by atoms with Gasteiger partial charge in [-0.25, -0.2) is 0 Å². The van der Waals surface area contributed by atoms with Crippen molar-refractivity contribution in [2.75, 3.05) is 6.61 Å². The van der Waals surface area contributed by atoms with E-state index in [0.717, 1.165) is 38.7 Å². The van der Waals surface area contributed by atoms with Crippen molar-refractivity contribution in [3.8, 4) is 11.8 Å². The summed E-state index contributed by atoms with van der Waals surface area (Å²) in [5.74, 6) is 5.90. The van der Waals surface area contributed by atoms with E-state index in [4.69, 9.17) is 9.47 Å². The minimum Gasteiger partial charge on any atom is -0.346 e. The first kappa shape index (κ1) is 10.7. The van der Waals surface area contributed by atoms with Gasteiger partial charge in [-0.15, -0.1) is 11.8 Å². The molecule has 0 aromatic heterocycles. The van der Waals surface area contributed by atoms with Crippen LogP contribution in [0, 0.1) is 11.8 Å². The summed E-state index contributed by atoms with van der Waals surface area (Å²) in [6, 6.07) is 0. The van der Waals surface area contributed by atoms with Gasteiger partial charge in [0.1, 0.15) is 0 Å². The number of ether oxygens (including phenoxy) is 2. The molecule has 2 nitrogen and oxygen atoms in total. The second-order valence-corrected chi connectivity index (χ2v) is 4.09. The molecule has 0 amide bonds. The predicted molar refractivity (Wildman–Crippen MR) is 59.2 cm³/mol. The fraction of sp³-hybridized carbons (Fsp3) is 0.692. The molecule has 2 heteroatoms. The Balaban J connectivity index is 1.79. The molecule has 0 aromatic rings. The maximum Gasteiger partial charge on any atom is 0.188 e. The molecule has 2 aliphatic rings. The molecular formula is C13H18O2. The fourth-order valence-corrected chi connectivity index (χ4v) is 1.94. The second kappa shape index (κ2) is 4.83. The fourth-order valence-electron chi connectivity index (χ4n) is 1.94. The van der Waals surface area contributed by atoms with Crippen molar-refractivity contribution in [2.24, 2.45) is 0 Å². The van der Waals surface area contributed by atoms with Gasteiger partial charge in [-0.1, -0.05) is 13.0 Å². The molecule has 2 atom stereocenters. The van der Waals surface area contributed by atoms with Gasteiger partial charge in [0, 0.05) is 19.3 Å². The lowest BCUT2D eigenvalue weighted by atomic mass is 10.2. The first-order chi connectivity index (χ1) is 7.35. The van der Waals surface area contributed by atoms with Gasteiger partial charge >= 0.3 is 0 Å². The average Bonchev–Trinajstić information content (AvgIpc) is 2.85. The third-order valence-electron chi connectivity index (χ3n) is 2.73. The van der Waals surface area contributed by atoms with Crippen LogP contribution in [0.2, 0.25) is 0 Å². The number of hydrogen-bond acceptors (Lipinski definition) is 2. The zero-order chi connectivity index (χ0) is 10.6. The van der Waals surface area contributed by atoms with Gasteiger partial charge < -0.3 is 9.47 Å². The Hall–Kier alpha value is -0.780. The Bertz CT molecular complexity index is 289. The normalized spacial score (nSPS) is 33.3. The highest BCUT2D eigenvalue weighted by molar-refractivity contribution is 5.12. The molecule has 2 unspecified atom stereocenters. The van der Waals surface area contributed by atoms with Gasteiger partial charge in [0.15, 0.2) is 5.79 Å². The minimum atomic E-state index is -0.392. The van der Waals surface area contributed by atoms with Crippen molar-refractivity contribution in [1.82, 2.24) is 0 Å². The summed E-state index contributed by atoms with van der Waals surface area (Å²) in [4.78, 5) is 0. The molecule has 0 radical (unpaired) electrons. The molecular weight excluding hydrogens is 188 g/mol. The van der Waals surface area contributed by atoms with Crippen LogP contribution in [0.25, 0.3) is 0 Å². The van der Waals surface area contributed by atoms with Crippen molar-refractivity contribution in [2.45, 2.75) is 50.9 Å². The van der Waals surface area contributed by atoms with Crippen LogP contribution >= 0.6 is 0 Å². The molecule has 1 spiro atoms. The van der Waals surface area contributed by atoms with E-state index in [2.05, 4.69) is 30.9 Å². The molecule has 2 aliphatic heterocycles. The van der Waals surface area contributed by atoms with Gasteiger partial charge in [-0.05, 0) is 18.9 Å². The summed E-state index contributed by atoms with van der Waals surface area (Å²) in [7, 11) is 0. The summed E-state index contributed by atoms with van der Waals surface area (Å²) in [5, 5.41) is 0. The van der Waals surface area contributed by atoms with E-state index in [0.29, 0.717) is 0 Å². The highest BCUT2D eigenvalue weighted by atomic mass is 16.7. The molecule has 0 aliphatic carbocycles. The Morgan fingerprint density at radius 1 is 1.47 bits per heavy atom. The smallest absolute Gasteiger partial charge is 0.188 e. The van der Waals surface area contributed by atoms with Crippen LogP contribution in [-0.4, -0.2) is 18.5 Å². The maximum absolute atomic E-state index is 5.85. The van der Waals surface area contributed by atoms with Crippen LogP contribution in [0.4, 0.5) is 0 Å². The zero-order valence-electron chi connectivity index (χ0n) is 9.29. The minimum absolute atomic E-state index is 0.132. The molecule has 2 heterocycles. The number of unbranched alkanes of at least 4 members (excludes halogenated alkanes) is 1. The molecule has 82 valence electrons. The van der Waals surface area contributed by atoms with Crippen molar-refractivity contribution < 1.29 is 9.47 Å². The van der Waals surface area contributed by atoms with Crippen molar-refractivity contribution in [3.63, 3.8) is 0 Å². The summed E-state index contributed by atoms with van der Waals surface area (Å²) >= 11 is 0. The molecule has 0 bridgehead atoms. The molecule has 0 aromatic carbocycles. The lowest BCUT2D eigenvalue weighted by Gasteiger charge is -2.22. The van der Waals surface area contributed by atoms with Crippen LogP contribution in [0.3, 0.4) is 0 Å². The first-order valence-corrected chi connectivity index (χ1v) is 5.81. The van der Waals surface area contributed by atoms with Crippen molar-refractivity contribution in [3.05, 3.63) is 12.2 Å². The summed E-state index contributed by atoms with van der Waals surface area (Å²) < 4.78 is 11.5. The van der Waals surface area contributed by atoms with E-state index >= 15 is 0 Å². The van der Waals surface area contributed by atoms with Crippen molar-refractivity contribution in [1.29, 1.82) is 0 Å². The lowest BCUT2D eigenvalue weighted by molar-refractivity contribution is -0.178. The lowest BCUT2D eigenvalue weighted by Crippen LogP contribution is -2.27. The summed E-state index contributed by atoms with van der Waals surface area (Å²) in [6.45, 7) is 2.96. The van der Waals surface area contributed by atoms with Gasteiger partial charge in [0.25, 0.3) is 0 Å². The standard InChI is InChI=1S/C13H18O2/c1-2-3-4-5-7-12-8-10-13(15-12)9-6-11-14-13/h8,10,12H,2-3,6-7,9,11H2,1H3. The van der Waals surface area contributed by atoms with E-state index in [9.17, 15) is 0 Å². The third-order valence-corrected chi connectivity index (χ3v) is 2.73. The molecule has 1 saturated heterocycles. The molecule has 0 saturated carbocycles. The summed E-state index contributed by atoms with van der Waals surface area (Å²) in [5.41, 5.74) is 0. The van der Waals surface area contributed by atoms with E-state index in [1.54, 1.807) is 0 Å². The van der Waals surface area contributed by atoms with Gasteiger partial charge in [-0.3, -0.25) is 0 Å². The van der Waals surface area contributed by atoms with Crippen molar-refractivity contribution >= 4 is 0 Å². The molecule has 15 heavy (non-hydrogen) atoms. The Morgan fingerprint density at radius 2 is 2.40 bits per heavy atom. The van der Waals surface area contributed by atoms with Gasteiger partial charge in [0.05, 0.1) is 12.7 Å². The molecule has 1 fully saturated rings. The number of rotatable bonds is 2. The third kappa shape index (κ3) is 2.62. The number of hydrogen-bond donors (Lipinski definition) is 0. The molecule has 0 N–H and O–H groups in total. The Kier molecular flexibility index (Phi) is 3.45. The van der Waals surface area contributed by atoms with E-state index < -0.39 is 5.79 Å². The topological polar surface area (TPSA) is 18.5 Å². The van der Waals surface area contributed by atoms with Gasteiger partial charge in [-0.2, -0.15) is 0 Å². The van der Waals surface area contributed by atoms with E-state index in [-0.39, 0.29) is 6.10 Å². The quantitative estimate of drug-likeness (QED) is 0.511. The summed E-state index contributed by atoms with van der Waals surface area (Å²) in [6.07, 6.45) is 9.27. The predicted octanol–water partition coefficient (Wildman–Crippen LogP) is 2.64. The van der Waals surface area contributed by atoms with Crippen LogP contribution in [0.5, 0.6) is 0 Å². The Labute approximate surface area is 91.6 Å². The monoisotopic (exact) mass is 206 g/mol. The zero-order valence-corrected chi connectivity index (χ0v) is 9.29. The highest BCUT2D eigenvalue weighted by Gasteiger charge is 2.39. The largest absolute Gasteiger partial charge is 0.346 e. The highest BCUT2D eigenvalue weighted by Crippen LogP contribution is 2.34. The van der Waals surface area contributed by atoms with Crippen LogP contribution < -0.4 is 0 Å². The molecule has 2 rings (SSSR count). The average molecular weight is 206 g/mol. The maximum atomic E-state index is 5.85. The second-order valence-electron chi connectivity index (χ2n) is 4.09.